The maximum absolute atomic E-state index is 13.1. The Kier molecular flexibility index (Phi) is 6.49. The molecule has 1 aliphatic rings. The van der Waals surface area contributed by atoms with Gasteiger partial charge in [0, 0.05) is 6.42 Å². The van der Waals surface area contributed by atoms with Crippen LogP contribution in [0.25, 0.3) is 0 Å². The fourth-order valence-electron chi connectivity index (χ4n) is 3.01. The van der Waals surface area contributed by atoms with Crippen molar-refractivity contribution in [3.05, 3.63) is 54.6 Å². The predicted octanol–water partition coefficient (Wildman–Crippen LogP) is 3.61. The molecule has 0 aromatic heterocycles. The fraction of sp³-hybridized carbons (Fsp3) is 0.318. The van der Waals surface area contributed by atoms with Crippen molar-refractivity contribution in [3.63, 3.8) is 0 Å². The molecule has 0 saturated heterocycles. The molecule has 1 unspecified atom stereocenters. The van der Waals surface area contributed by atoms with Gasteiger partial charge in [-0.1, -0.05) is 30.3 Å². The quantitative estimate of drug-likeness (QED) is 0.725. The van der Waals surface area contributed by atoms with Crippen LogP contribution in [0.4, 0.5) is 11.4 Å². The molecule has 1 heterocycles. The molecule has 7 heteroatoms. The SMILES string of the molecule is CCOC(=O)C1=NN(c2ccccc2)C(C(=O)Nc2ccccc2OC(C)C)C1. The van der Waals surface area contributed by atoms with Crippen LogP contribution >= 0.6 is 0 Å². The summed E-state index contributed by atoms with van der Waals surface area (Å²) in [6.45, 7) is 5.83. The van der Waals surface area contributed by atoms with Gasteiger partial charge in [-0.15, -0.1) is 0 Å². The van der Waals surface area contributed by atoms with Crippen molar-refractivity contribution in [1.29, 1.82) is 0 Å². The number of rotatable bonds is 7. The van der Waals surface area contributed by atoms with E-state index in [9.17, 15) is 9.59 Å². The number of carbonyl (C=O) groups is 2. The molecule has 0 radical (unpaired) electrons. The molecule has 2 aromatic carbocycles. The Morgan fingerprint density at radius 3 is 2.52 bits per heavy atom. The van der Waals surface area contributed by atoms with Gasteiger partial charge in [0.1, 0.15) is 17.5 Å². The highest BCUT2D eigenvalue weighted by Gasteiger charge is 2.37. The van der Waals surface area contributed by atoms with Crippen LogP contribution in [-0.2, 0) is 14.3 Å². The van der Waals surface area contributed by atoms with Crippen LogP contribution in [0.5, 0.6) is 5.75 Å². The number of hydrogen-bond acceptors (Lipinski definition) is 6. The standard InChI is InChI=1S/C22H25N3O4/c1-4-28-22(27)18-14-19(25(24-18)16-10-6-5-7-11-16)21(26)23-17-12-8-9-13-20(17)29-15(2)3/h5-13,15,19H,4,14H2,1-3H3,(H,23,26). The van der Waals surface area contributed by atoms with Crippen molar-refractivity contribution in [1.82, 2.24) is 0 Å². The van der Waals surface area contributed by atoms with Crippen molar-refractivity contribution >= 4 is 29.0 Å². The number of nitrogens with one attached hydrogen (secondary N) is 1. The van der Waals surface area contributed by atoms with Gasteiger partial charge in [0.25, 0.3) is 0 Å². The van der Waals surface area contributed by atoms with Gasteiger partial charge >= 0.3 is 5.97 Å². The summed E-state index contributed by atoms with van der Waals surface area (Å²) in [5, 5.41) is 8.86. The Hall–Kier alpha value is -3.35. The first kappa shape index (κ1) is 20.4. The van der Waals surface area contributed by atoms with E-state index in [0.717, 1.165) is 5.69 Å². The van der Waals surface area contributed by atoms with E-state index in [1.54, 1.807) is 24.1 Å². The number of hydrogen-bond donors (Lipinski definition) is 1. The van der Waals surface area contributed by atoms with Crippen molar-refractivity contribution in [2.75, 3.05) is 16.9 Å². The van der Waals surface area contributed by atoms with Gasteiger partial charge in [-0.2, -0.15) is 5.10 Å². The lowest BCUT2D eigenvalue weighted by atomic mass is 10.1. The number of para-hydroxylation sites is 3. The molecule has 1 N–H and O–H groups in total. The van der Waals surface area contributed by atoms with Crippen molar-refractivity contribution < 1.29 is 19.1 Å². The Balaban J connectivity index is 1.84. The van der Waals surface area contributed by atoms with E-state index in [4.69, 9.17) is 9.47 Å². The molecule has 7 nitrogen and oxygen atoms in total. The summed E-state index contributed by atoms with van der Waals surface area (Å²) in [6.07, 6.45) is 0.131. The zero-order chi connectivity index (χ0) is 20.8. The van der Waals surface area contributed by atoms with Crippen LogP contribution in [0.3, 0.4) is 0 Å². The van der Waals surface area contributed by atoms with E-state index < -0.39 is 12.0 Å². The third kappa shape index (κ3) is 4.93. The van der Waals surface area contributed by atoms with Crippen LogP contribution in [-0.4, -0.2) is 36.3 Å². The number of anilines is 2. The lowest BCUT2D eigenvalue weighted by Gasteiger charge is -2.23. The largest absolute Gasteiger partial charge is 0.489 e. The van der Waals surface area contributed by atoms with E-state index in [2.05, 4.69) is 10.4 Å². The lowest BCUT2D eigenvalue weighted by Crippen LogP contribution is -2.39. The number of benzene rings is 2. The molecule has 2 aromatic rings. The first-order valence-electron chi connectivity index (χ1n) is 9.65. The smallest absolute Gasteiger partial charge is 0.354 e. The average molecular weight is 395 g/mol. The first-order chi connectivity index (χ1) is 14.0. The molecule has 0 bridgehead atoms. The summed E-state index contributed by atoms with van der Waals surface area (Å²) in [5.41, 5.74) is 1.52. The van der Waals surface area contributed by atoms with Gasteiger partial charge in [-0.3, -0.25) is 9.80 Å². The van der Waals surface area contributed by atoms with Crippen molar-refractivity contribution in [3.8, 4) is 5.75 Å². The normalized spacial score (nSPS) is 15.8. The van der Waals surface area contributed by atoms with E-state index >= 15 is 0 Å². The second kappa shape index (κ2) is 9.23. The van der Waals surface area contributed by atoms with E-state index in [1.807, 2.05) is 56.3 Å². The topological polar surface area (TPSA) is 80.2 Å². The maximum Gasteiger partial charge on any atom is 0.354 e. The van der Waals surface area contributed by atoms with Gasteiger partial charge in [-0.05, 0) is 45.0 Å². The highest BCUT2D eigenvalue weighted by atomic mass is 16.5. The van der Waals surface area contributed by atoms with Gasteiger partial charge in [-0.25, -0.2) is 4.79 Å². The number of amides is 1. The van der Waals surface area contributed by atoms with Crippen LogP contribution in [0.15, 0.2) is 59.7 Å². The minimum absolute atomic E-state index is 0.0286. The van der Waals surface area contributed by atoms with Crippen molar-refractivity contribution in [2.24, 2.45) is 5.10 Å². The molecule has 1 atom stereocenters. The average Bonchev–Trinajstić information content (AvgIpc) is 3.16. The summed E-state index contributed by atoms with van der Waals surface area (Å²) in [4.78, 5) is 25.3. The summed E-state index contributed by atoms with van der Waals surface area (Å²) >= 11 is 0. The number of carbonyl (C=O) groups excluding carboxylic acids is 2. The zero-order valence-electron chi connectivity index (χ0n) is 16.8. The number of nitrogens with zero attached hydrogens (tertiary/aromatic N) is 2. The minimum atomic E-state index is -0.677. The van der Waals surface area contributed by atoms with Crippen LogP contribution in [0.2, 0.25) is 0 Å². The Morgan fingerprint density at radius 2 is 1.83 bits per heavy atom. The molecule has 0 aliphatic carbocycles. The monoisotopic (exact) mass is 395 g/mol. The molecule has 29 heavy (non-hydrogen) atoms. The van der Waals surface area contributed by atoms with Gasteiger partial charge in [0.15, 0.2) is 0 Å². The number of ether oxygens (including phenoxy) is 2. The molecule has 0 spiro atoms. The molecule has 152 valence electrons. The van der Waals surface area contributed by atoms with E-state index in [1.165, 1.54) is 0 Å². The zero-order valence-corrected chi connectivity index (χ0v) is 16.8. The summed E-state index contributed by atoms with van der Waals surface area (Å²) in [6, 6.07) is 15.9. The van der Waals surface area contributed by atoms with Gasteiger partial charge < -0.3 is 14.8 Å². The van der Waals surface area contributed by atoms with Crippen LogP contribution in [0.1, 0.15) is 27.2 Å². The molecular formula is C22H25N3O4. The third-order valence-electron chi connectivity index (χ3n) is 4.25. The number of esters is 1. The van der Waals surface area contributed by atoms with Crippen LogP contribution in [0, 0.1) is 0 Å². The third-order valence-corrected chi connectivity index (χ3v) is 4.25. The summed E-state index contributed by atoms with van der Waals surface area (Å²) < 4.78 is 10.9. The van der Waals surface area contributed by atoms with Crippen LogP contribution < -0.4 is 15.1 Å². The minimum Gasteiger partial charge on any atom is -0.489 e. The predicted molar refractivity (Wildman–Crippen MR) is 112 cm³/mol. The lowest BCUT2D eigenvalue weighted by molar-refractivity contribution is -0.135. The highest BCUT2D eigenvalue weighted by molar-refractivity contribution is 6.38. The summed E-state index contributed by atoms with van der Waals surface area (Å²) in [7, 11) is 0. The maximum atomic E-state index is 13.1. The van der Waals surface area contributed by atoms with Crippen molar-refractivity contribution in [2.45, 2.75) is 39.3 Å². The summed E-state index contributed by atoms with van der Waals surface area (Å²) in [5.74, 6) is -0.198. The molecule has 0 fully saturated rings. The second-order valence-corrected chi connectivity index (χ2v) is 6.82. The molecule has 1 amide bonds. The molecule has 3 rings (SSSR count). The van der Waals surface area contributed by atoms with E-state index in [-0.39, 0.29) is 30.8 Å². The fourth-order valence-corrected chi connectivity index (χ4v) is 3.01. The second-order valence-electron chi connectivity index (χ2n) is 6.82. The molecule has 1 aliphatic heterocycles. The molecular weight excluding hydrogens is 370 g/mol. The molecule has 0 saturated carbocycles. The Labute approximate surface area is 170 Å². The van der Waals surface area contributed by atoms with Gasteiger partial charge in [0.05, 0.1) is 24.1 Å². The van der Waals surface area contributed by atoms with E-state index in [0.29, 0.717) is 11.4 Å². The number of hydrazone groups is 1. The Morgan fingerprint density at radius 1 is 1.14 bits per heavy atom. The highest BCUT2D eigenvalue weighted by Crippen LogP contribution is 2.29. The first-order valence-corrected chi connectivity index (χ1v) is 9.65. The van der Waals surface area contributed by atoms with Gasteiger partial charge in [0.2, 0.25) is 5.91 Å². The Bertz CT molecular complexity index is 896.